The van der Waals surface area contributed by atoms with Crippen LogP contribution in [0.1, 0.15) is 32.9 Å². The molecule has 1 aliphatic heterocycles. The van der Waals surface area contributed by atoms with Crippen LogP contribution in [0.5, 0.6) is 0 Å². The van der Waals surface area contributed by atoms with E-state index in [-0.39, 0.29) is 11.5 Å². The predicted octanol–water partition coefficient (Wildman–Crippen LogP) is 3.58. The zero-order chi connectivity index (χ0) is 16.0. The molecule has 2 heterocycles. The zero-order valence-corrected chi connectivity index (χ0v) is 13.5. The SMILES string of the molecule is Cc1[nH]c(/C=C2\C(=O)Nc3ccc(Br)cc32)c(C)c1C(=O)O. The summed E-state index contributed by atoms with van der Waals surface area (Å²) in [4.78, 5) is 26.5. The topological polar surface area (TPSA) is 82.2 Å². The van der Waals surface area contributed by atoms with Crippen LogP contribution in [0.25, 0.3) is 11.6 Å². The lowest BCUT2D eigenvalue weighted by Crippen LogP contribution is -2.03. The number of aryl methyl sites for hydroxylation is 1. The van der Waals surface area contributed by atoms with Crippen molar-refractivity contribution in [1.82, 2.24) is 4.98 Å². The van der Waals surface area contributed by atoms with E-state index in [4.69, 9.17) is 0 Å². The lowest BCUT2D eigenvalue weighted by molar-refractivity contribution is -0.110. The van der Waals surface area contributed by atoms with Crippen molar-refractivity contribution in [3.63, 3.8) is 0 Å². The van der Waals surface area contributed by atoms with Gasteiger partial charge in [0.15, 0.2) is 0 Å². The summed E-state index contributed by atoms with van der Waals surface area (Å²) < 4.78 is 0.874. The normalized spacial score (nSPS) is 15.0. The van der Waals surface area contributed by atoms with Crippen molar-refractivity contribution in [2.24, 2.45) is 0 Å². The molecule has 0 atom stereocenters. The average Bonchev–Trinajstić information content (AvgIpc) is 2.88. The zero-order valence-electron chi connectivity index (χ0n) is 12.0. The highest BCUT2D eigenvalue weighted by molar-refractivity contribution is 9.10. The fourth-order valence-electron chi connectivity index (χ4n) is 2.69. The monoisotopic (exact) mass is 360 g/mol. The summed E-state index contributed by atoms with van der Waals surface area (Å²) in [5, 5.41) is 12.0. The molecule has 1 aromatic heterocycles. The van der Waals surface area contributed by atoms with Gasteiger partial charge in [0.25, 0.3) is 5.91 Å². The van der Waals surface area contributed by atoms with Gasteiger partial charge in [-0.1, -0.05) is 15.9 Å². The van der Waals surface area contributed by atoms with Crippen molar-refractivity contribution in [3.05, 3.63) is 50.8 Å². The maximum Gasteiger partial charge on any atom is 0.337 e. The number of aromatic amines is 1. The molecule has 22 heavy (non-hydrogen) atoms. The van der Waals surface area contributed by atoms with Gasteiger partial charge in [-0.25, -0.2) is 4.79 Å². The number of carboxylic acid groups (broad SMARTS) is 1. The molecule has 0 fully saturated rings. The number of H-pyrrole nitrogens is 1. The third-order valence-electron chi connectivity index (χ3n) is 3.74. The van der Waals surface area contributed by atoms with E-state index in [0.29, 0.717) is 22.5 Å². The van der Waals surface area contributed by atoms with Crippen molar-refractivity contribution in [1.29, 1.82) is 0 Å². The summed E-state index contributed by atoms with van der Waals surface area (Å²) in [5.41, 5.74) is 4.13. The number of benzene rings is 1. The first-order valence-corrected chi connectivity index (χ1v) is 7.43. The number of nitrogens with one attached hydrogen (secondary N) is 2. The van der Waals surface area contributed by atoms with Crippen molar-refractivity contribution < 1.29 is 14.7 Å². The van der Waals surface area contributed by atoms with E-state index in [1.165, 1.54) is 0 Å². The molecule has 3 rings (SSSR count). The smallest absolute Gasteiger partial charge is 0.337 e. The second-order valence-corrected chi connectivity index (χ2v) is 6.09. The molecule has 0 unspecified atom stereocenters. The van der Waals surface area contributed by atoms with Crippen LogP contribution < -0.4 is 5.32 Å². The number of carboxylic acids is 1. The Balaban J connectivity index is 2.15. The maximum atomic E-state index is 12.2. The van der Waals surface area contributed by atoms with Gasteiger partial charge in [0.1, 0.15) is 0 Å². The Morgan fingerprint density at radius 3 is 2.68 bits per heavy atom. The molecule has 5 nitrogen and oxygen atoms in total. The molecule has 1 amide bonds. The van der Waals surface area contributed by atoms with Crippen molar-refractivity contribution in [2.45, 2.75) is 13.8 Å². The number of anilines is 1. The molecular formula is C16H13BrN2O3. The van der Waals surface area contributed by atoms with Gasteiger partial charge < -0.3 is 15.4 Å². The lowest BCUT2D eigenvalue weighted by atomic mass is 10.0. The molecular weight excluding hydrogens is 348 g/mol. The second kappa shape index (κ2) is 5.14. The van der Waals surface area contributed by atoms with Gasteiger partial charge >= 0.3 is 5.97 Å². The Labute approximate surface area is 135 Å². The minimum absolute atomic E-state index is 0.198. The molecule has 2 aromatic rings. The van der Waals surface area contributed by atoms with Crippen molar-refractivity contribution in [3.8, 4) is 0 Å². The fourth-order valence-corrected chi connectivity index (χ4v) is 3.05. The van der Waals surface area contributed by atoms with Gasteiger partial charge in [-0.05, 0) is 43.7 Å². The first-order valence-electron chi connectivity index (χ1n) is 6.64. The van der Waals surface area contributed by atoms with Gasteiger partial charge in [-0.3, -0.25) is 4.79 Å². The minimum Gasteiger partial charge on any atom is -0.478 e. The van der Waals surface area contributed by atoms with Gasteiger partial charge in [0, 0.05) is 27.1 Å². The van der Waals surface area contributed by atoms with Crippen LogP contribution in [-0.4, -0.2) is 22.0 Å². The Hall–Kier alpha value is -2.34. The summed E-state index contributed by atoms with van der Waals surface area (Å²) in [5.74, 6) is -1.17. The average molecular weight is 361 g/mol. The van der Waals surface area contributed by atoms with E-state index in [2.05, 4.69) is 26.2 Å². The Morgan fingerprint density at radius 2 is 2.05 bits per heavy atom. The van der Waals surface area contributed by atoms with Crippen molar-refractivity contribution >= 4 is 45.1 Å². The number of aromatic carboxylic acids is 1. The van der Waals surface area contributed by atoms with Crippen LogP contribution in [-0.2, 0) is 4.79 Å². The fraction of sp³-hybridized carbons (Fsp3) is 0.125. The van der Waals surface area contributed by atoms with Gasteiger partial charge in [0.05, 0.1) is 11.1 Å². The summed E-state index contributed by atoms with van der Waals surface area (Å²) in [6.45, 7) is 3.44. The van der Waals surface area contributed by atoms with E-state index in [0.717, 1.165) is 15.7 Å². The molecule has 112 valence electrons. The molecule has 3 N–H and O–H groups in total. The van der Waals surface area contributed by atoms with E-state index in [9.17, 15) is 14.7 Å². The number of halogens is 1. The Morgan fingerprint density at radius 1 is 1.32 bits per heavy atom. The minimum atomic E-state index is -0.977. The molecule has 0 aliphatic carbocycles. The number of amides is 1. The first-order chi connectivity index (χ1) is 10.4. The Kier molecular flexibility index (Phi) is 3.41. The lowest BCUT2D eigenvalue weighted by Gasteiger charge is -2.00. The van der Waals surface area contributed by atoms with Crippen LogP contribution in [0.2, 0.25) is 0 Å². The molecule has 0 saturated carbocycles. The third-order valence-corrected chi connectivity index (χ3v) is 4.24. The van der Waals surface area contributed by atoms with Gasteiger partial charge in [-0.15, -0.1) is 0 Å². The van der Waals surface area contributed by atoms with E-state index in [1.54, 1.807) is 19.9 Å². The summed E-state index contributed by atoms with van der Waals surface area (Å²) in [7, 11) is 0. The van der Waals surface area contributed by atoms with Gasteiger partial charge in [0.2, 0.25) is 0 Å². The molecule has 0 saturated heterocycles. The van der Waals surface area contributed by atoms with Gasteiger partial charge in [-0.2, -0.15) is 0 Å². The first kappa shape index (κ1) is 14.6. The third kappa shape index (κ3) is 2.25. The van der Waals surface area contributed by atoms with Crippen LogP contribution in [0.15, 0.2) is 22.7 Å². The highest BCUT2D eigenvalue weighted by atomic mass is 79.9. The number of fused-ring (bicyclic) bond motifs is 1. The van der Waals surface area contributed by atoms with Crippen LogP contribution in [0, 0.1) is 13.8 Å². The number of carbonyl (C=O) groups excluding carboxylic acids is 1. The predicted molar refractivity (Wildman–Crippen MR) is 87.9 cm³/mol. The van der Waals surface area contributed by atoms with Crippen LogP contribution in [0.4, 0.5) is 5.69 Å². The molecule has 0 spiro atoms. The molecule has 0 bridgehead atoms. The molecule has 6 heteroatoms. The standard InChI is InChI=1S/C16H13BrN2O3/c1-7-13(18-8(2)14(7)16(21)22)6-11-10-5-9(17)3-4-12(10)19-15(11)20/h3-6,18H,1-2H3,(H,19,20)(H,21,22)/b11-6-. The largest absolute Gasteiger partial charge is 0.478 e. The number of hydrogen-bond acceptors (Lipinski definition) is 2. The summed E-state index contributed by atoms with van der Waals surface area (Å²) in [6, 6.07) is 5.55. The number of carbonyl (C=O) groups is 2. The summed E-state index contributed by atoms with van der Waals surface area (Å²) in [6.07, 6.45) is 1.70. The number of rotatable bonds is 2. The second-order valence-electron chi connectivity index (χ2n) is 5.17. The van der Waals surface area contributed by atoms with Crippen molar-refractivity contribution in [2.75, 3.05) is 5.32 Å². The van der Waals surface area contributed by atoms with E-state index < -0.39 is 5.97 Å². The van der Waals surface area contributed by atoms with E-state index >= 15 is 0 Å². The van der Waals surface area contributed by atoms with E-state index in [1.807, 2.05) is 18.2 Å². The number of aromatic nitrogens is 1. The summed E-state index contributed by atoms with van der Waals surface area (Å²) >= 11 is 3.40. The molecule has 1 aromatic carbocycles. The highest BCUT2D eigenvalue weighted by Gasteiger charge is 2.25. The van der Waals surface area contributed by atoms with Crippen LogP contribution in [0.3, 0.4) is 0 Å². The quantitative estimate of drug-likeness (QED) is 0.715. The number of hydrogen-bond donors (Lipinski definition) is 3. The Bertz CT molecular complexity index is 849. The maximum absolute atomic E-state index is 12.2. The highest BCUT2D eigenvalue weighted by Crippen LogP contribution is 2.35. The molecule has 0 radical (unpaired) electrons. The van der Waals surface area contributed by atoms with Crippen LogP contribution >= 0.6 is 15.9 Å². The molecule has 1 aliphatic rings.